The van der Waals surface area contributed by atoms with Gasteiger partial charge in [-0.05, 0) is 68.8 Å². The van der Waals surface area contributed by atoms with E-state index in [0.29, 0.717) is 0 Å². The number of halogens is 2. The molecule has 1 saturated heterocycles. The molecule has 1 fully saturated rings. The first-order valence-electron chi connectivity index (χ1n) is 10.3. The number of amides is 1. The maximum absolute atomic E-state index is 12.6. The minimum Gasteiger partial charge on any atom is -0.459 e. The van der Waals surface area contributed by atoms with Gasteiger partial charge < -0.3 is 14.5 Å². The highest BCUT2D eigenvalue weighted by molar-refractivity contribution is 7.16. The van der Waals surface area contributed by atoms with Crippen LogP contribution >= 0.6 is 11.3 Å². The highest BCUT2D eigenvalue weighted by Crippen LogP contribution is 2.40. The maximum Gasteiger partial charge on any atom is 0.387 e. The van der Waals surface area contributed by atoms with Crippen molar-refractivity contribution in [3.05, 3.63) is 70.5 Å². The first kappa shape index (κ1) is 21.5. The number of piperidine rings is 1. The molecule has 0 spiro atoms. The molecule has 5 nitrogen and oxygen atoms in total. The molecule has 0 radical (unpaired) electrons. The Hall–Kier alpha value is -2.71. The summed E-state index contributed by atoms with van der Waals surface area (Å²) in [4.78, 5) is 16.1. The van der Waals surface area contributed by atoms with Gasteiger partial charge in [0.05, 0.1) is 12.3 Å². The molecule has 1 aromatic carbocycles. The van der Waals surface area contributed by atoms with Crippen LogP contribution in [0, 0.1) is 6.92 Å². The molecule has 1 aliphatic heterocycles. The molecule has 0 unspecified atom stereocenters. The van der Waals surface area contributed by atoms with E-state index in [-0.39, 0.29) is 23.5 Å². The van der Waals surface area contributed by atoms with Crippen LogP contribution in [0.1, 0.15) is 51.9 Å². The van der Waals surface area contributed by atoms with Crippen molar-refractivity contribution in [2.75, 3.05) is 18.4 Å². The summed E-state index contributed by atoms with van der Waals surface area (Å²) < 4.78 is 34.8. The summed E-state index contributed by atoms with van der Waals surface area (Å²) in [7, 11) is 0. The van der Waals surface area contributed by atoms with E-state index in [2.05, 4.69) is 21.0 Å². The first-order chi connectivity index (χ1) is 15.0. The fraction of sp³-hybridized carbons (Fsp3) is 0.348. The van der Waals surface area contributed by atoms with E-state index in [0.717, 1.165) is 46.9 Å². The lowest BCUT2D eigenvalue weighted by Gasteiger charge is -2.35. The molecule has 1 aliphatic rings. The van der Waals surface area contributed by atoms with Gasteiger partial charge in [-0.3, -0.25) is 9.69 Å². The second-order valence-corrected chi connectivity index (χ2v) is 8.78. The Labute approximate surface area is 183 Å². The average Bonchev–Trinajstić information content (AvgIpc) is 3.40. The zero-order chi connectivity index (χ0) is 21.8. The van der Waals surface area contributed by atoms with E-state index in [1.807, 2.05) is 19.1 Å². The number of carbonyl (C=O) groups excluding carboxylic acids is 1. The number of likely N-dealkylation sites (tertiary alicyclic amines) is 1. The number of alkyl halides is 2. The third-order valence-electron chi connectivity index (χ3n) is 5.33. The van der Waals surface area contributed by atoms with Gasteiger partial charge in [0, 0.05) is 10.4 Å². The third kappa shape index (κ3) is 5.14. The van der Waals surface area contributed by atoms with Crippen molar-refractivity contribution in [2.45, 2.75) is 38.8 Å². The maximum atomic E-state index is 12.6. The molecule has 8 heteroatoms. The lowest BCUT2D eigenvalue weighted by atomic mass is 9.96. The number of hydrogen-bond acceptors (Lipinski definition) is 5. The first-order valence-corrected chi connectivity index (χ1v) is 11.1. The minimum atomic E-state index is -2.85. The van der Waals surface area contributed by atoms with Gasteiger partial charge in [0.25, 0.3) is 5.91 Å². The number of nitrogens with zero attached hydrogens (tertiary/aromatic N) is 1. The summed E-state index contributed by atoms with van der Waals surface area (Å²) in [6.45, 7) is 1.01. The van der Waals surface area contributed by atoms with Gasteiger partial charge >= 0.3 is 6.61 Å². The van der Waals surface area contributed by atoms with E-state index in [4.69, 9.17) is 4.42 Å². The van der Waals surface area contributed by atoms with E-state index < -0.39 is 6.61 Å². The summed E-state index contributed by atoms with van der Waals surface area (Å²) in [5.41, 5.74) is 1.96. The lowest BCUT2D eigenvalue weighted by molar-refractivity contribution is -0.0498. The smallest absolute Gasteiger partial charge is 0.387 e. The number of hydrogen-bond donors (Lipinski definition) is 1. The normalized spacial score (nSPS) is 15.7. The van der Waals surface area contributed by atoms with Gasteiger partial charge in [0.15, 0.2) is 5.76 Å². The number of benzene rings is 1. The van der Waals surface area contributed by atoms with Crippen LogP contribution < -0.4 is 10.1 Å². The second-order valence-electron chi connectivity index (χ2n) is 7.52. The lowest BCUT2D eigenvalue weighted by Crippen LogP contribution is -2.34. The Morgan fingerprint density at radius 2 is 1.90 bits per heavy atom. The topological polar surface area (TPSA) is 54.7 Å². The van der Waals surface area contributed by atoms with Crippen LogP contribution in [0.15, 0.2) is 53.1 Å². The van der Waals surface area contributed by atoms with Gasteiger partial charge in [-0.25, -0.2) is 0 Å². The largest absolute Gasteiger partial charge is 0.459 e. The molecule has 2 aromatic heterocycles. The highest BCUT2D eigenvalue weighted by Gasteiger charge is 2.28. The number of thiophene rings is 1. The molecule has 0 bridgehead atoms. The van der Waals surface area contributed by atoms with Crippen LogP contribution in [-0.4, -0.2) is 30.5 Å². The Morgan fingerprint density at radius 1 is 1.16 bits per heavy atom. The summed E-state index contributed by atoms with van der Waals surface area (Å²) >= 11 is 1.51. The van der Waals surface area contributed by atoms with Crippen LogP contribution in [-0.2, 0) is 0 Å². The standard InChI is InChI=1S/C23H24F2N2O3S/c1-15-14-18(22(31-15)26-21(28)19-6-5-13-29-19)20(27-11-3-2-4-12-27)16-7-9-17(10-8-16)30-23(24)25/h5-10,13-14,20,23H,2-4,11-12H2,1H3,(H,26,28)/t20-/m0/s1. The number of rotatable bonds is 7. The fourth-order valence-electron chi connectivity index (χ4n) is 4.00. The third-order valence-corrected chi connectivity index (χ3v) is 6.31. The molecular formula is C23H24F2N2O3S. The highest BCUT2D eigenvalue weighted by atomic mass is 32.1. The Morgan fingerprint density at radius 3 is 2.55 bits per heavy atom. The minimum absolute atomic E-state index is 0.0993. The number of ether oxygens (including phenoxy) is 1. The van der Waals surface area contributed by atoms with E-state index >= 15 is 0 Å². The van der Waals surface area contributed by atoms with E-state index in [1.165, 1.54) is 24.0 Å². The number of aryl methyl sites for hydroxylation is 1. The van der Waals surface area contributed by atoms with Crippen molar-refractivity contribution in [3.8, 4) is 5.75 Å². The Kier molecular flexibility index (Phi) is 6.67. The van der Waals surface area contributed by atoms with Crippen LogP contribution in [0.4, 0.5) is 13.8 Å². The fourth-order valence-corrected chi connectivity index (χ4v) is 4.94. The zero-order valence-electron chi connectivity index (χ0n) is 17.1. The van der Waals surface area contributed by atoms with Gasteiger partial charge in [-0.15, -0.1) is 11.3 Å². The number of furan rings is 1. The second kappa shape index (κ2) is 9.62. The number of anilines is 1. The summed E-state index contributed by atoms with van der Waals surface area (Å²) in [6.07, 6.45) is 4.85. The van der Waals surface area contributed by atoms with E-state index in [9.17, 15) is 13.6 Å². The summed E-state index contributed by atoms with van der Waals surface area (Å²) in [6, 6.07) is 12.1. The SMILES string of the molecule is Cc1cc([C@H](c2ccc(OC(F)F)cc2)N2CCCCC2)c(NC(=O)c2ccco2)s1. The van der Waals surface area contributed by atoms with Gasteiger partial charge in [0.2, 0.25) is 0 Å². The van der Waals surface area contributed by atoms with Gasteiger partial charge in [-0.1, -0.05) is 18.6 Å². The molecule has 3 aromatic rings. The Balaban J connectivity index is 1.68. The molecule has 164 valence electrons. The van der Waals surface area contributed by atoms with Crippen molar-refractivity contribution in [1.29, 1.82) is 0 Å². The number of carbonyl (C=O) groups is 1. The molecule has 4 rings (SSSR count). The molecule has 0 saturated carbocycles. The molecule has 1 amide bonds. The van der Waals surface area contributed by atoms with Crippen LogP contribution in [0.5, 0.6) is 5.75 Å². The van der Waals surface area contributed by atoms with Gasteiger partial charge in [0.1, 0.15) is 10.8 Å². The quantitative estimate of drug-likeness (QED) is 0.478. The van der Waals surface area contributed by atoms with Crippen LogP contribution in [0.2, 0.25) is 0 Å². The van der Waals surface area contributed by atoms with Crippen molar-refractivity contribution >= 4 is 22.2 Å². The van der Waals surface area contributed by atoms with Gasteiger partial charge in [-0.2, -0.15) is 8.78 Å². The number of nitrogens with one attached hydrogen (secondary N) is 1. The average molecular weight is 447 g/mol. The van der Waals surface area contributed by atoms with Crippen molar-refractivity contribution in [1.82, 2.24) is 4.90 Å². The summed E-state index contributed by atoms with van der Waals surface area (Å²) in [5.74, 6) is 0.0789. The van der Waals surface area contributed by atoms with Crippen LogP contribution in [0.25, 0.3) is 0 Å². The van der Waals surface area contributed by atoms with Crippen LogP contribution in [0.3, 0.4) is 0 Å². The van der Waals surface area contributed by atoms with Crippen molar-refractivity contribution < 1.29 is 22.7 Å². The molecule has 3 heterocycles. The predicted octanol–water partition coefficient (Wildman–Crippen LogP) is 6.08. The molecule has 1 atom stereocenters. The Bertz CT molecular complexity index is 997. The summed E-state index contributed by atoms with van der Waals surface area (Å²) in [5, 5.41) is 3.76. The molecular weight excluding hydrogens is 422 g/mol. The molecule has 31 heavy (non-hydrogen) atoms. The van der Waals surface area contributed by atoms with E-state index in [1.54, 1.807) is 24.3 Å². The molecule has 1 N–H and O–H groups in total. The molecule has 0 aliphatic carbocycles. The predicted molar refractivity (Wildman–Crippen MR) is 116 cm³/mol. The van der Waals surface area contributed by atoms with Crippen molar-refractivity contribution in [3.63, 3.8) is 0 Å². The van der Waals surface area contributed by atoms with Crippen molar-refractivity contribution in [2.24, 2.45) is 0 Å². The monoisotopic (exact) mass is 446 g/mol. The zero-order valence-corrected chi connectivity index (χ0v) is 18.0.